The second kappa shape index (κ2) is 0.977. The van der Waals surface area contributed by atoms with Gasteiger partial charge >= 0.3 is 0 Å². The molecule has 0 aromatic rings. The zero-order chi connectivity index (χ0) is 3.70. The average Bonchev–Trinajstić information content (AvgIpc) is 2.12. The molecular formula is C4H8N. The van der Waals surface area contributed by atoms with Gasteiger partial charge in [0.25, 0.3) is 0 Å². The van der Waals surface area contributed by atoms with Crippen molar-refractivity contribution in [3.8, 4) is 0 Å². The summed E-state index contributed by atoms with van der Waals surface area (Å²) in [5.41, 5.74) is 0. The van der Waals surface area contributed by atoms with Crippen molar-refractivity contribution in [3.05, 3.63) is 6.04 Å². The highest BCUT2D eigenvalue weighted by Gasteiger charge is 2.18. The van der Waals surface area contributed by atoms with E-state index in [4.69, 9.17) is 0 Å². The van der Waals surface area contributed by atoms with Gasteiger partial charge in [-0.25, -0.2) is 0 Å². The molecule has 1 aliphatic rings. The van der Waals surface area contributed by atoms with Gasteiger partial charge in [0.05, 0.1) is 0 Å². The van der Waals surface area contributed by atoms with E-state index < -0.39 is 0 Å². The zero-order valence-electron chi connectivity index (χ0n) is 3.41. The van der Waals surface area contributed by atoms with Crippen molar-refractivity contribution in [1.82, 2.24) is 5.32 Å². The van der Waals surface area contributed by atoms with Gasteiger partial charge in [-0.2, -0.15) is 0 Å². The van der Waals surface area contributed by atoms with E-state index in [1.807, 2.05) is 7.05 Å². The fraction of sp³-hybridized carbons (Fsp3) is 0.750. The molecule has 29 valence electrons. The van der Waals surface area contributed by atoms with E-state index in [2.05, 4.69) is 5.32 Å². The molecule has 0 bridgehead atoms. The van der Waals surface area contributed by atoms with Crippen LogP contribution in [0.3, 0.4) is 0 Å². The third kappa shape index (κ3) is 0.618. The van der Waals surface area contributed by atoms with E-state index in [1.165, 1.54) is 18.9 Å². The molecule has 0 spiro atoms. The van der Waals surface area contributed by atoms with Crippen LogP contribution in [-0.2, 0) is 0 Å². The minimum absolute atomic E-state index is 1.32. The fourth-order valence-corrected chi connectivity index (χ4v) is 0.312. The Bertz CT molecular complexity index is 30.6. The van der Waals surface area contributed by atoms with Crippen molar-refractivity contribution in [1.29, 1.82) is 0 Å². The summed E-state index contributed by atoms with van der Waals surface area (Å²) in [6, 6.07) is 1.50. The van der Waals surface area contributed by atoms with E-state index in [0.717, 1.165) is 0 Å². The number of nitrogens with one attached hydrogen (secondary N) is 1. The summed E-state index contributed by atoms with van der Waals surface area (Å²) in [6.45, 7) is 0. The van der Waals surface area contributed by atoms with Crippen molar-refractivity contribution in [2.75, 3.05) is 7.05 Å². The highest BCUT2D eigenvalue weighted by molar-refractivity contribution is 5.00. The largest absolute Gasteiger partial charge is 0.313 e. The van der Waals surface area contributed by atoms with Crippen LogP contribution in [0.4, 0.5) is 0 Å². The smallest absolute Gasteiger partial charge is 0.0362 e. The molecule has 1 radical (unpaired) electrons. The summed E-state index contributed by atoms with van der Waals surface area (Å²) >= 11 is 0. The van der Waals surface area contributed by atoms with Gasteiger partial charge in [-0.15, -0.1) is 0 Å². The van der Waals surface area contributed by atoms with Crippen LogP contribution in [0.25, 0.3) is 0 Å². The molecule has 0 atom stereocenters. The van der Waals surface area contributed by atoms with Crippen molar-refractivity contribution < 1.29 is 0 Å². The summed E-state index contributed by atoms with van der Waals surface area (Å²) in [7, 11) is 1.97. The monoisotopic (exact) mass is 70.1 g/mol. The average molecular weight is 70.1 g/mol. The molecule has 0 aromatic carbocycles. The van der Waals surface area contributed by atoms with E-state index in [9.17, 15) is 0 Å². The lowest BCUT2D eigenvalue weighted by molar-refractivity contribution is 0.954. The maximum atomic E-state index is 3.06. The van der Waals surface area contributed by atoms with E-state index in [1.54, 1.807) is 0 Å². The molecule has 0 amide bonds. The van der Waals surface area contributed by atoms with Crippen molar-refractivity contribution in [2.45, 2.75) is 12.8 Å². The molecule has 1 rings (SSSR count). The van der Waals surface area contributed by atoms with Crippen LogP contribution in [0, 0.1) is 6.04 Å². The summed E-state index contributed by atoms with van der Waals surface area (Å²) in [6.07, 6.45) is 2.63. The molecular weight excluding hydrogens is 62.1 g/mol. The summed E-state index contributed by atoms with van der Waals surface area (Å²) in [4.78, 5) is 0. The third-order valence-electron chi connectivity index (χ3n) is 0.854. The van der Waals surface area contributed by atoms with Crippen LogP contribution >= 0.6 is 0 Å². The lowest BCUT2D eigenvalue weighted by atomic mass is 10.7. The quantitative estimate of drug-likeness (QED) is 0.474. The maximum absolute atomic E-state index is 3.06. The Labute approximate surface area is 32.4 Å². The summed E-state index contributed by atoms with van der Waals surface area (Å²) in [5, 5.41) is 3.06. The Morgan fingerprint density at radius 1 is 1.60 bits per heavy atom. The van der Waals surface area contributed by atoms with Crippen LogP contribution in [-0.4, -0.2) is 7.05 Å². The second-order valence-corrected chi connectivity index (χ2v) is 1.35. The van der Waals surface area contributed by atoms with Crippen LogP contribution in [0.5, 0.6) is 0 Å². The van der Waals surface area contributed by atoms with E-state index >= 15 is 0 Å². The number of hydrogen-bond donors (Lipinski definition) is 1. The Kier molecular flexibility index (Phi) is 0.618. The van der Waals surface area contributed by atoms with Gasteiger partial charge in [-0.05, 0) is 19.9 Å². The first-order chi connectivity index (χ1) is 2.43. The minimum Gasteiger partial charge on any atom is -0.313 e. The predicted octanol–water partition coefficient (Wildman–Crippen LogP) is 0.532. The Morgan fingerprint density at radius 3 is 2.20 bits per heavy atom. The molecule has 0 unspecified atom stereocenters. The Balaban J connectivity index is 2.00. The molecule has 5 heavy (non-hydrogen) atoms. The van der Waals surface area contributed by atoms with Gasteiger partial charge in [0.1, 0.15) is 0 Å². The Hall–Kier alpha value is -0.0400. The lowest BCUT2D eigenvalue weighted by Gasteiger charge is -1.79. The number of rotatable bonds is 1. The fourth-order valence-electron chi connectivity index (χ4n) is 0.312. The predicted molar refractivity (Wildman–Crippen MR) is 21.5 cm³/mol. The maximum Gasteiger partial charge on any atom is 0.0362 e. The summed E-state index contributed by atoms with van der Waals surface area (Å²) in [5.74, 6) is 0. The molecule has 0 aliphatic heterocycles. The zero-order valence-corrected chi connectivity index (χ0v) is 3.41. The molecule has 1 heteroatoms. The van der Waals surface area contributed by atoms with Crippen LogP contribution in [0.1, 0.15) is 12.8 Å². The molecule has 0 aromatic heterocycles. The molecule has 0 heterocycles. The van der Waals surface area contributed by atoms with Gasteiger partial charge in [0, 0.05) is 6.04 Å². The third-order valence-corrected chi connectivity index (χ3v) is 0.854. The summed E-state index contributed by atoms with van der Waals surface area (Å²) < 4.78 is 0. The molecule has 1 N–H and O–H groups in total. The van der Waals surface area contributed by atoms with Gasteiger partial charge in [-0.3, -0.25) is 0 Å². The van der Waals surface area contributed by atoms with Crippen LogP contribution < -0.4 is 5.32 Å². The highest BCUT2D eigenvalue weighted by atomic mass is 14.9. The van der Waals surface area contributed by atoms with Gasteiger partial charge in [0.15, 0.2) is 0 Å². The van der Waals surface area contributed by atoms with Crippen molar-refractivity contribution in [3.63, 3.8) is 0 Å². The van der Waals surface area contributed by atoms with Gasteiger partial charge < -0.3 is 5.32 Å². The number of hydrogen-bond acceptors (Lipinski definition) is 1. The SMILES string of the molecule is CN[C]1CC1. The van der Waals surface area contributed by atoms with Crippen LogP contribution in [0.15, 0.2) is 0 Å². The van der Waals surface area contributed by atoms with E-state index in [0.29, 0.717) is 0 Å². The normalized spacial score (nSPS) is 23.4. The van der Waals surface area contributed by atoms with Crippen molar-refractivity contribution >= 4 is 0 Å². The molecule has 1 fully saturated rings. The lowest BCUT2D eigenvalue weighted by Crippen LogP contribution is -1.98. The first kappa shape index (κ1) is 3.16. The molecule has 1 aliphatic carbocycles. The minimum atomic E-state index is 1.32. The standard InChI is InChI=1S/C4H8N/c1-5-4-2-3-4/h5H,2-3H2,1H3. The molecule has 0 saturated heterocycles. The topological polar surface area (TPSA) is 12.0 Å². The molecule has 1 nitrogen and oxygen atoms in total. The molecule has 1 saturated carbocycles. The second-order valence-electron chi connectivity index (χ2n) is 1.35. The van der Waals surface area contributed by atoms with Crippen molar-refractivity contribution in [2.24, 2.45) is 0 Å². The van der Waals surface area contributed by atoms with Crippen LogP contribution in [0.2, 0.25) is 0 Å². The highest BCUT2D eigenvalue weighted by Crippen LogP contribution is 2.26. The van der Waals surface area contributed by atoms with E-state index in [-0.39, 0.29) is 0 Å². The van der Waals surface area contributed by atoms with Gasteiger partial charge in [0.2, 0.25) is 0 Å². The first-order valence-corrected chi connectivity index (χ1v) is 1.96. The Morgan fingerprint density at radius 2 is 2.20 bits per heavy atom. The van der Waals surface area contributed by atoms with Gasteiger partial charge in [-0.1, -0.05) is 0 Å². The first-order valence-electron chi connectivity index (χ1n) is 1.96.